The molecular formula is C15H18N2O5. The first-order chi connectivity index (χ1) is 10.4. The zero-order valence-corrected chi connectivity index (χ0v) is 12.4. The summed E-state index contributed by atoms with van der Waals surface area (Å²) in [7, 11) is 0. The lowest BCUT2D eigenvalue weighted by Crippen LogP contribution is -2.45. The summed E-state index contributed by atoms with van der Waals surface area (Å²) in [5.41, 5.74) is 0.665. The number of anilines is 1. The third-order valence-corrected chi connectivity index (χ3v) is 3.64. The van der Waals surface area contributed by atoms with Crippen molar-refractivity contribution in [3.63, 3.8) is 0 Å². The Balaban J connectivity index is 2.17. The molecule has 0 radical (unpaired) electrons. The molecule has 1 aliphatic rings. The van der Waals surface area contributed by atoms with E-state index in [0.717, 1.165) is 0 Å². The Bertz CT molecular complexity index is 614. The molecule has 2 rings (SSSR count). The Morgan fingerprint density at radius 1 is 1.45 bits per heavy atom. The van der Waals surface area contributed by atoms with Gasteiger partial charge in [-0.2, -0.15) is 0 Å². The summed E-state index contributed by atoms with van der Waals surface area (Å²) < 4.78 is 5.21. The van der Waals surface area contributed by atoms with Crippen LogP contribution in [-0.2, 0) is 9.59 Å². The largest absolute Gasteiger partial charge is 0.482 e. The summed E-state index contributed by atoms with van der Waals surface area (Å²) >= 11 is 0. The van der Waals surface area contributed by atoms with Gasteiger partial charge >= 0.3 is 5.97 Å². The summed E-state index contributed by atoms with van der Waals surface area (Å²) in [6.45, 7) is 3.56. The Morgan fingerprint density at radius 2 is 2.18 bits per heavy atom. The summed E-state index contributed by atoms with van der Waals surface area (Å²) in [6, 6.07) is 3.61. The number of carbonyl (C=O) groups excluding carboxylic acids is 2. The molecular weight excluding hydrogens is 288 g/mol. The predicted molar refractivity (Wildman–Crippen MR) is 78.9 cm³/mol. The maximum Gasteiger partial charge on any atom is 0.326 e. The second-order valence-electron chi connectivity index (χ2n) is 5.22. The maximum absolute atomic E-state index is 12.2. The molecule has 0 fully saturated rings. The van der Waals surface area contributed by atoms with Crippen molar-refractivity contribution in [2.45, 2.75) is 26.3 Å². The highest BCUT2D eigenvalue weighted by molar-refractivity contribution is 6.00. The number of benzene rings is 1. The van der Waals surface area contributed by atoms with Crippen LogP contribution in [-0.4, -0.2) is 35.5 Å². The molecule has 1 heterocycles. The van der Waals surface area contributed by atoms with Crippen LogP contribution >= 0.6 is 0 Å². The van der Waals surface area contributed by atoms with Crippen LogP contribution < -0.4 is 15.4 Å². The summed E-state index contributed by atoms with van der Waals surface area (Å²) in [5.74, 6) is -1.59. The van der Waals surface area contributed by atoms with Crippen LogP contribution in [0.1, 0.15) is 30.6 Å². The standard InChI is InChI=1S/C15H18N2O5/c1-3-8(2)13(15(20)21)17-14(19)9-4-5-11-10(6-9)16-12(18)7-22-11/h4-6,8,13H,3,7H2,1-2H3,(H,16,18)(H,17,19)(H,20,21). The average molecular weight is 306 g/mol. The molecule has 0 aliphatic carbocycles. The van der Waals surface area contributed by atoms with Gasteiger partial charge in [0.05, 0.1) is 5.69 Å². The summed E-state index contributed by atoms with van der Waals surface area (Å²) in [5, 5.41) is 14.3. The van der Waals surface area contributed by atoms with Crippen LogP contribution in [0.2, 0.25) is 0 Å². The van der Waals surface area contributed by atoms with Crippen molar-refractivity contribution in [1.82, 2.24) is 5.32 Å². The van der Waals surface area contributed by atoms with Gasteiger partial charge in [-0.25, -0.2) is 4.79 Å². The molecule has 1 aromatic rings. The van der Waals surface area contributed by atoms with Gasteiger partial charge in [0.25, 0.3) is 11.8 Å². The maximum atomic E-state index is 12.2. The third-order valence-electron chi connectivity index (χ3n) is 3.64. The number of carbonyl (C=O) groups is 3. The van der Waals surface area contributed by atoms with Gasteiger partial charge in [0.2, 0.25) is 0 Å². The number of rotatable bonds is 5. The fourth-order valence-electron chi connectivity index (χ4n) is 2.13. The van der Waals surface area contributed by atoms with E-state index in [1.54, 1.807) is 13.0 Å². The number of carboxylic acids is 1. The van der Waals surface area contributed by atoms with Crippen molar-refractivity contribution in [2.24, 2.45) is 5.92 Å². The van der Waals surface area contributed by atoms with Gasteiger partial charge in [-0.1, -0.05) is 20.3 Å². The normalized spacial score (nSPS) is 15.8. The van der Waals surface area contributed by atoms with Gasteiger partial charge in [-0.05, 0) is 24.1 Å². The molecule has 2 unspecified atom stereocenters. The van der Waals surface area contributed by atoms with Crippen LogP contribution in [0.5, 0.6) is 5.75 Å². The van der Waals surface area contributed by atoms with Gasteiger partial charge in [-0.3, -0.25) is 9.59 Å². The fourth-order valence-corrected chi connectivity index (χ4v) is 2.13. The average Bonchev–Trinajstić information content (AvgIpc) is 2.50. The minimum absolute atomic E-state index is 0.0619. The van der Waals surface area contributed by atoms with Gasteiger partial charge < -0.3 is 20.5 Å². The third kappa shape index (κ3) is 3.36. The van der Waals surface area contributed by atoms with E-state index in [2.05, 4.69) is 10.6 Å². The quantitative estimate of drug-likeness (QED) is 0.759. The Kier molecular flexibility index (Phi) is 4.65. The van der Waals surface area contributed by atoms with Crippen molar-refractivity contribution in [2.75, 3.05) is 11.9 Å². The molecule has 7 nitrogen and oxygen atoms in total. The Morgan fingerprint density at radius 3 is 2.82 bits per heavy atom. The zero-order valence-electron chi connectivity index (χ0n) is 12.4. The minimum atomic E-state index is -1.07. The summed E-state index contributed by atoms with van der Waals surface area (Å²) in [4.78, 5) is 34.8. The monoisotopic (exact) mass is 306 g/mol. The van der Waals surface area contributed by atoms with Gasteiger partial charge in [0, 0.05) is 5.56 Å². The molecule has 3 N–H and O–H groups in total. The van der Waals surface area contributed by atoms with E-state index in [9.17, 15) is 19.5 Å². The SMILES string of the molecule is CCC(C)C(NC(=O)c1ccc2c(c1)NC(=O)CO2)C(=O)O. The van der Waals surface area contributed by atoms with Crippen LogP contribution in [0.4, 0.5) is 5.69 Å². The fraction of sp³-hybridized carbons (Fsp3) is 0.400. The molecule has 118 valence electrons. The lowest BCUT2D eigenvalue weighted by atomic mass is 9.99. The first-order valence-corrected chi connectivity index (χ1v) is 7.02. The van der Waals surface area contributed by atoms with Crippen molar-refractivity contribution in [1.29, 1.82) is 0 Å². The molecule has 2 amide bonds. The van der Waals surface area contributed by atoms with E-state index in [1.807, 2.05) is 6.92 Å². The first-order valence-electron chi connectivity index (χ1n) is 7.02. The minimum Gasteiger partial charge on any atom is -0.482 e. The van der Waals surface area contributed by atoms with Crippen molar-refractivity contribution in [3.8, 4) is 5.75 Å². The lowest BCUT2D eigenvalue weighted by molar-refractivity contribution is -0.140. The molecule has 1 aliphatic heterocycles. The highest BCUT2D eigenvalue weighted by Crippen LogP contribution is 2.28. The number of fused-ring (bicyclic) bond motifs is 1. The smallest absolute Gasteiger partial charge is 0.326 e. The van der Waals surface area contributed by atoms with E-state index in [1.165, 1.54) is 12.1 Å². The van der Waals surface area contributed by atoms with E-state index >= 15 is 0 Å². The van der Waals surface area contributed by atoms with E-state index < -0.39 is 17.9 Å². The molecule has 0 aromatic heterocycles. The number of ether oxygens (including phenoxy) is 1. The van der Waals surface area contributed by atoms with Crippen LogP contribution in [0.15, 0.2) is 18.2 Å². The number of carboxylic acid groups (broad SMARTS) is 1. The number of hydrogen-bond acceptors (Lipinski definition) is 4. The Labute approximate surface area is 127 Å². The van der Waals surface area contributed by atoms with Crippen molar-refractivity contribution >= 4 is 23.5 Å². The van der Waals surface area contributed by atoms with E-state index in [0.29, 0.717) is 17.9 Å². The number of amides is 2. The molecule has 0 spiro atoms. The Hall–Kier alpha value is -2.57. The first kappa shape index (κ1) is 15.8. The number of nitrogens with one attached hydrogen (secondary N) is 2. The highest BCUT2D eigenvalue weighted by Gasteiger charge is 2.26. The molecule has 0 saturated carbocycles. The second-order valence-corrected chi connectivity index (χ2v) is 5.22. The molecule has 22 heavy (non-hydrogen) atoms. The van der Waals surface area contributed by atoms with E-state index in [-0.39, 0.29) is 24.0 Å². The van der Waals surface area contributed by atoms with Gasteiger partial charge in [0.15, 0.2) is 6.61 Å². The lowest BCUT2D eigenvalue weighted by Gasteiger charge is -2.21. The number of hydrogen-bond donors (Lipinski definition) is 3. The highest BCUT2D eigenvalue weighted by atomic mass is 16.5. The van der Waals surface area contributed by atoms with Gasteiger partial charge in [0.1, 0.15) is 11.8 Å². The van der Waals surface area contributed by atoms with Crippen molar-refractivity contribution < 1.29 is 24.2 Å². The second kappa shape index (κ2) is 6.46. The van der Waals surface area contributed by atoms with Crippen LogP contribution in [0.25, 0.3) is 0 Å². The summed E-state index contributed by atoms with van der Waals surface area (Å²) in [6.07, 6.45) is 0.630. The van der Waals surface area contributed by atoms with Crippen LogP contribution in [0.3, 0.4) is 0 Å². The molecule has 0 bridgehead atoms. The molecule has 0 saturated heterocycles. The molecule has 7 heteroatoms. The zero-order chi connectivity index (χ0) is 16.3. The van der Waals surface area contributed by atoms with E-state index in [4.69, 9.17) is 4.74 Å². The topological polar surface area (TPSA) is 105 Å². The number of aliphatic carboxylic acids is 1. The van der Waals surface area contributed by atoms with Crippen molar-refractivity contribution in [3.05, 3.63) is 23.8 Å². The van der Waals surface area contributed by atoms with Crippen LogP contribution in [0, 0.1) is 5.92 Å². The van der Waals surface area contributed by atoms with Gasteiger partial charge in [-0.15, -0.1) is 0 Å². The molecule has 1 aromatic carbocycles. The molecule has 2 atom stereocenters. The predicted octanol–water partition coefficient (Wildman–Crippen LogP) is 1.25.